The second kappa shape index (κ2) is 9.64. The number of methoxy groups -OCH3 is 1. The van der Waals surface area contributed by atoms with Gasteiger partial charge < -0.3 is 14.3 Å². The average molecular weight is 291 g/mol. The Morgan fingerprint density at radius 2 is 1.90 bits per heavy atom. The van der Waals surface area contributed by atoms with Crippen LogP contribution in [0.4, 0.5) is 5.69 Å². The van der Waals surface area contributed by atoms with E-state index in [1.54, 1.807) is 31.4 Å². The third-order valence-electron chi connectivity index (χ3n) is 2.49. The molecule has 0 saturated heterocycles. The van der Waals surface area contributed by atoms with Gasteiger partial charge in [0.15, 0.2) is 5.76 Å². The van der Waals surface area contributed by atoms with Gasteiger partial charge in [-0.25, -0.2) is 0 Å². The van der Waals surface area contributed by atoms with Gasteiger partial charge in [-0.2, -0.15) is 0 Å². The molecule has 0 atom stereocenters. The Bertz CT molecular complexity index is 597. The number of hydrogen-bond acceptors (Lipinski definition) is 4. The van der Waals surface area contributed by atoms with Crippen molar-refractivity contribution in [3.05, 3.63) is 29.7 Å². The van der Waals surface area contributed by atoms with E-state index in [4.69, 9.17) is 9.15 Å². The summed E-state index contributed by atoms with van der Waals surface area (Å²) in [5, 5.41) is 10.2. The molecule has 116 valence electrons. The molecule has 0 bridgehead atoms. The number of hydrogen-bond donors (Lipinski definition) is 1. The van der Waals surface area contributed by atoms with Gasteiger partial charge in [0, 0.05) is 17.5 Å². The lowest BCUT2D eigenvalue weighted by molar-refractivity contribution is 0.297. The number of fused-ring (bicyclic) bond motifs is 1. The molecule has 2 aromatic rings. The molecule has 1 aromatic heterocycles. The second-order valence-electron chi connectivity index (χ2n) is 3.61. The van der Waals surface area contributed by atoms with Crippen molar-refractivity contribution in [2.75, 3.05) is 7.11 Å². The van der Waals surface area contributed by atoms with Gasteiger partial charge in [0.1, 0.15) is 17.0 Å². The summed E-state index contributed by atoms with van der Waals surface area (Å²) in [5.74, 6) is 1.43. The fourth-order valence-electron chi connectivity index (χ4n) is 1.60. The quantitative estimate of drug-likeness (QED) is 0.597. The van der Waals surface area contributed by atoms with Crippen LogP contribution in [0.5, 0.6) is 5.75 Å². The molecule has 0 amide bonds. The number of benzene rings is 1. The van der Waals surface area contributed by atoms with Gasteiger partial charge in [-0.15, -0.1) is 0 Å². The molecule has 1 N–H and O–H groups in total. The number of allylic oxidation sites excluding steroid dienone is 1. The van der Waals surface area contributed by atoms with Crippen LogP contribution < -0.4 is 0 Å². The molecule has 0 aliphatic rings. The van der Waals surface area contributed by atoms with Gasteiger partial charge in [-0.05, 0) is 25.8 Å². The molecule has 21 heavy (non-hydrogen) atoms. The van der Waals surface area contributed by atoms with E-state index in [1.165, 1.54) is 0 Å². The smallest absolute Gasteiger partial charge is 0.157 e. The van der Waals surface area contributed by atoms with Crippen molar-refractivity contribution >= 4 is 29.5 Å². The van der Waals surface area contributed by atoms with Crippen LogP contribution in [0.15, 0.2) is 33.4 Å². The Morgan fingerprint density at radius 1 is 1.29 bits per heavy atom. The molecule has 0 aliphatic carbocycles. The van der Waals surface area contributed by atoms with Crippen LogP contribution >= 0.6 is 0 Å². The minimum atomic E-state index is 0.154. The van der Waals surface area contributed by atoms with E-state index >= 15 is 0 Å². The third-order valence-corrected chi connectivity index (χ3v) is 2.49. The minimum absolute atomic E-state index is 0.154. The van der Waals surface area contributed by atoms with E-state index in [9.17, 15) is 5.11 Å². The Labute approximate surface area is 126 Å². The first kappa shape index (κ1) is 18.8. The van der Waals surface area contributed by atoms with E-state index in [0.29, 0.717) is 22.8 Å². The summed E-state index contributed by atoms with van der Waals surface area (Å²) in [5.41, 5.74) is 1.22. The highest BCUT2D eigenvalue weighted by atomic mass is 16.5. The number of furan rings is 1. The Kier molecular flexibility index (Phi) is 8.62. The maximum absolute atomic E-state index is 9.38. The van der Waals surface area contributed by atoms with Crippen molar-refractivity contribution in [1.82, 2.24) is 0 Å². The lowest BCUT2D eigenvalue weighted by Gasteiger charge is -1.96. The maximum Gasteiger partial charge on any atom is 0.157 e. The number of phenolic OH excluding ortho intramolecular Hbond substituents is 1. The van der Waals surface area contributed by atoms with Crippen LogP contribution in [0.2, 0.25) is 0 Å². The predicted octanol–water partition coefficient (Wildman–Crippen LogP) is 5.53. The van der Waals surface area contributed by atoms with Gasteiger partial charge >= 0.3 is 0 Å². The summed E-state index contributed by atoms with van der Waals surface area (Å²) in [4.78, 5) is 3.95. The summed E-state index contributed by atoms with van der Waals surface area (Å²) < 4.78 is 10.7. The number of phenols is 1. The second-order valence-corrected chi connectivity index (χ2v) is 3.61. The molecule has 0 fully saturated rings. The minimum Gasteiger partial charge on any atom is -0.508 e. The topological polar surface area (TPSA) is 55.0 Å². The zero-order valence-electron chi connectivity index (χ0n) is 13.7. The first-order valence-corrected chi connectivity index (χ1v) is 7.10. The van der Waals surface area contributed by atoms with Crippen molar-refractivity contribution in [3.8, 4) is 5.75 Å². The zero-order valence-corrected chi connectivity index (χ0v) is 13.7. The van der Waals surface area contributed by atoms with Crippen LogP contribution in [0.3, 0.4) is 0 Å². The van der Waals surface area contributed by atoms with Gasteiger partial charge in [-0.1, -0.05) is 27.7 Å². The monoisotopic (exact) mass is 291 g/mol. The highest BCUT2D eigenvalue weighted by Crippen LogP contribution is 2.36. The first-order valence-electron chi connectivity index (χ1n) is 7.10. The van der Waals surface area contributed by atoms with Gasteiger partial charge in [-0.3, -0.25) is 4.99 Å². The van der Waals surface area contributed by atoms with E-state index in [1.807, 2.05) is 34.6 Å². The fraction of sp³-hybridized carbons (Fsp3) is 0.353. The van der Waals surface area contributed by atoms with E-state index in [2.05, 4.69) is 11.7 Å². The zero-order chi connectivity index (χ0) is 16.4. The fourth-order valence-corrected chi connectivity index (χ4v) is 1.60. The molecular weight excluding hydrogens is 266 g/mol. The molecule has 0 saturated carbocycles. The van der Waals surface area contributed by atoms with Crippen LogP contribution in [-0.2, 0) is 4.74 Å². The van der Waals surface area contributed by atoms with E-state index < -0.39 is 0 Å². The summed E-state index contributed by atoms with van der Waals surface area (Å²) in [6.07, 6.45) is 1.74. The summed E-state index contributed by atoms with van der Waals surface area (Å²) >= 11 is 0. The third kappa shape index (κ3) is 4.67. The van der Waals surface area contributed by atoms with Crippen molar-refractivity contribution < 1.29 is 14.3 Å². The van der Waals surface area contributed by atoms with Crippen LogP contribution in [-0.4, -0.2) is 18.9 Å². The van der Waals surface area contributed by atoms with Gasteiger partial charge in [0.05, 0.1) is 12.9 Å². The van der Waals surface area contributed by atoms with E-state index in [0.717, 1.165) is 5.39 Å². The first-order chi connectivity index (χ1) is 10.2. The summed E-state index contributed by atoms with van der Waals surface area (Å²) in [7, 11) is 1.58. The SMILES string of the molecule is C=Nc1c(/C=C(\C)OC)oc2cc(O)ccc12.CC.CC. The number of nitrogens with zero attached hydrogens (tertiary/aromatic N) is 1. The number of aliphatic imine (C=N–C) groups is 1. The Morgan fingerprint density at radius 3 is 2.43 bits per heavy atom. The molecule has 0 unspecified atom stereocenters. The molecule has 1 heterocycles. The van der Waals surface area contributed by atoms with Crippen molar-refractivity contribution in [3.63, 3.8) is 0 Å². The summed E-state index contributed by atoms with van der Waals surface area (Å²) in [6.45, 7) is 13.3. The molecule has 4 nitrogen and oxygen atoms in total. The van der Waals surface area contributed by atoms with Crippen LogP contribution in [0.1, 0.15) is 40.4 Å². The molecule has 4 heteroatoms. The molecule has 0 spiro atoms. The lowest BCUT2D eigenvalue weighted by atomic mass is 10.2. The van der Waals surface area contributed by atoms with Gasteiger partial charge in [0.25, 0.3) is 0 Å². The van der Waals surface area contributed by atoms with Crippen molar-refractivity contribution in [1.29, 1.82) is 0 Å². The number of ether oxygens (including phenoxy) is 1. The summed E-state index contributed by atoms with van der Waals surface area (Å²) in [6, 6.07) is 4.88. The maximum atomic E-state index is 9.38. The van der Waals surface area contributed by atoms with Crippen LogP contribution in [0, 0.1) is 0 Å². The average Bonchev–Trinajstić information content (AvgIpc) is 2.87. The highest BCUT2D eigenvalue weighted by Gasteiger charge is 2.12. The lowest BCUT2D eigenvalue weighted by Crippen LogP contribution is -1.77. The van der Waals surface area contributed by atoms with Crippen molar-refractivity contribution in [2.45, 2.75) is 34.6 Å². The Hall–Kier alpha value is -2.23. The molecule has 2 rings (SSSR count). The molecular formula is C17H25NO3. The largest absolute Gasteiger partial charge is 0.508 e. The number of aromatic hydroxyl groups is 1. The highest BCUT2D eigenvalue weighted by molar-refractivity contribution is 5.94. The molecule has 0 radical (unpaired) electrons. The van der Waals surface area contributed by atoms with E-state index in [-0.39, 0.29) is 5.75 Å². The van der Waals surface area contributed by atoms with Crippen molar-refractivity contribution in [2.24, 2.45) is 4.99 Å². The van der Waals surface area contributed by atoms with Crippen LogP contribution in [0.25, 0.3) is 17.0 Å². The normalized spacial score (nSPS) is 10.1. The standard InChI is InChI=1S/C13H13NO3.2C2H6/c1-8(16-3)6-12-13(14-2)10-5-4-9(15)7-11(10)17-12;2*1-2/h4-7,15H,2H2,1,3H3;2*1-2H3/b8-6+;;. The number of rotatable bonds is 3. The van der Waals surface area contributed by atoms with Gasteiger partial charge in [0.2, 0.25) is 0 Å². The molecule has 0 aliphatic heterocycles. The predicted molar refractivity (Wildman–Crippen MR) is 90.4 cm³/mol. The Balaban J connectivity index is 0.000000921. The molecule has 1 aromatic carbocycles.